The number of hydrogen-bond acceptors (Lipinski definition) is 15. The van der Waals surface area contributed by atoms with Gasteiger partial charge in [0.25, 0.3) is 5.91 Å². The SMILES string of the molecule is C[C@@H](NC(=O)c1ccc(CNC(=O)CN2CCN3CCN4CCN(CC2)CC(=O)[O][Ga]([O]C(=O)C3)[O]C(=O)C4)cc1)C(=O)N1CCC[C@H]1B(O)O. The van der Waals surface area contributed by atoms with Crippen molar-refractivity contribution in [2.45, 2.75) is 38.3 Å². The van der Waals surface area contributed by atoms with E-state index in [4.69, 9.17) is 10.6 Å². The van der Waals surface area contributed by atoms with Gasteiger partial charge in [-0.2, -0.15) is 0 Å². The molecule has 4 atom stereocenters. The maximum Gasteiger partial charge on any atom is 0.475 e. The van der Waals surface area contributed by atoms with E-state index in [-0.39, 0.29) is 44.5 Å². The Morgan fingerprint density at radius 1 is 0.824 bits per heavy atom. The normalized spacial score (nSPS) is 25.6. The molecule has 3 amide bonds. The number of benzene rings is 1. The molecule has 0 aromatic heterocycles. The van der Waals surface area contributed by atoms with E-state index in [9.17, 15) is 38.8 Å². The Labute approximate surface area is 302 Å². The molecule has 0 saturated carbocycles. The largest absolute Gasteiger partial charge is 0.475 e. The molecule has 4 saturated heterocycles. The summed E-state index contributed by atoms with van der Waals surface area (Å²) in [6.45, 7) is 5.86. The van der Waals surface area contributed by atoms with Crippen LogP contribution in [0.1, 0.15) is 35.7 Å². The smallest absolute Gasteiger partial charge is 0.426 e. The molecular weight excluding hydrogens is 727 g/mol. The van der Waals surface area contributed by atoms with Gasteiger partial charge in [-0.1, -0.05) is 12.1 Å². The number of likely N-dealkylation sites (tertiary alicyclic amines) is 1. The fraction of sp³-hybridized carbons (Fsp3) is 0.613. The van der Waals surface area contributed by atoms with Gasteiger partial charge in [0.1, 0.15) is 6.04 Å². The number of fused-ring (bicyclic) bond motifs is 7. The standard InChI is InChI=1S/C31H48BN7O11.Ga/c1-22(31(48)39-8-2-3-25(39)32(49)50)34-30(47)24-6-4-23(5-7-24)17-33-26(40)18-35-9-11-36(19-27(41)42)13-15-38(21-29(45)46)16-14-37(12-10-35)20-28(43)44;/h4-7,22,25,49-50H,2-3,8-21H2,1H3,(H,33,40)(H,34,47)(H,41,42)(H,43,44)(H,45,46);/q;+3/p-3/t22-,25+;/m1./s1. The Morgan fingerprint density at radius 2 is 1.33 bits per heavy atom. The van der Waals surface area contributed by atoms with Crippen molar-refractivity contribution in [2.75, 3.05) is 85.1 Å². The number of nitrogens with one attached hydrogen (secondary N) is 2. The van der Waals surface area contributed by atoms with Gasteiger partial charge < -0.3 is 20.3 Å². The van der Waals surface area contributed by atoms with E-state index in [2.05, 4.69) is 10.6 Å². The fourth-order valence-corrected chi connectivity index (χ4v) is 8.59. The molecule has 1 aromatic carbocycles. The molecule has 0 spiro atoms. The van der Waals surface area contributed by atoms with Crippen molar-refractivity contribution in [1.29, 1.82) is 0 Å². The third-order valence-electron chi connectivity index (χ3n) is 9.39. The second kappa shape index (κ2) is 18.3. The third-order valence-corrected chi connectivity index (χ3v) is 12.3. The van der Waals surface area contributed by atoms with Crippen LogP contribution in [-0.4, -0.2) is 192 Å². The first-order valence-electron chi connectivity index (χ1n) is 17.2. The number of carbonyl (C=O) groups excluding carboxylic acids is 6. The molecule has 4 fully saturated rings. The van der Waals surface area contributed by atoms with Gasteiger partial charge in [-0.3, -0.25) is 9.59 Å². The predicted molar refractivity (Wildman–Crippen MR) is 180 cm³/mol. The summed E-state index contributed by atoms with van der Waals surface area (Å²) in [7, 11) is -1.64. The molecule has 5 rings (SSSR count). The topological polar surface area (TPSA) is 211 Å². The quantitative estimate of drug-likeness (QED) is 0.188. The van der Waals surface area contributed by atoms with Crippen LogP contribution in [0.2, 0.25) is 0 Å². The average molecular weight is 772 g/mol. The van der Waals surface area contributed by atoms with Gasteiger partial charge >= 0.3 is 194 Å². The van der Waals surface area contributed by atoms with Gasteiger partial charge in [-0.05, 0) is 31.9 Å². The number of carbonyl (C=O) groups is 6. The molecule has 51 heavy (non-hydrogen) atoms. The molecule has 4 bridgehead atoms. The molecule has 276 valence electrons. The Kier molecular flexibility index (Phi) is 13.9. The van der Waals surface area contributed by atoms with Gasteiger partial charge in [0.2, 0.25) is 5.91 Å². The van der Waals surface area contributed by atoms with Gasteiger partial charge in [0.15, 0.2) is 0 Å². The molecule has 1 aromatic rings. The van der Waals surface area contributed by atoms with Crippen molar-refractivity contribution < 1.29 is 49.4 Å². The molecule has 0 aliphatic carbocycles. The van der Waals surface area contributed by atoms with Crippen molar-refractivity contribution in [2.24, 2.45) is 0 Å². The van der Waals surface area contributed by atoms with Gasteiger partial charge in [0.05, 0.1) is 5.94 Å². The molecule has 18 nitrogen and oxygen atoms in total. The van der Waals surface area contributed by atoms with Crippen molar-refractivity contribution in [1.82, 2.24) is 35.1 Å². The molecule has 0 radical (unpaired) electrons. The third kappa shape index (κ3) is 11.5. The summed E-state index contributed by atoms with van der Waals surface area (Å²) in [5.41, 5.74) is 1.08. The zero-order valence-corrected chi connectivity index (χ0v) is 31.2. The maximum atomic E-state index is 13.1. The summed E-state index contributed by atoms with van der Waals surface area (Å²) in [5, 5.41) is 24.7. The first-order valence-corrected chi connectivity index (χ1v) is 20.2. The summed E-state index contributed by atoms with van der Waals surface area (Å²) in [4.78, 5) is 85.9. The monoisotopic (exact) mass is 771 g/mol. The van der Waals surface area contributed by atoms with Crippen LogP contribution in [0.25, 0.3) is 0 Å². The zero-order valence-electron chi connectivity index (χ0n) is 28.7. The Morgan fingerprint density at radius 3 is 1.84 bits per heavy atom. The van der Waals surface area contributed by atoms with E-state index in [1.165, 1.54) is 4.90 Å². The number of nitrogens with zero attached hydrogens (tertiary/aromatic N) is 5. The minimum Gasteiger partial charge on any atom is -0.426 e. The second-order valence-electron chi connectivity index (χ2n) is 13.2. The van der Waals surface area contributed by atoms with E-state index >= 15 is 0 Å². The van der Waals surface area contributed by atoms with Crippen LogP contribution in [0.15, 0.2) is 24.3 Å². The summed E-state index contributed by atoms with van der Waals surface area (Å²) < 4.78 is 16.1. The fourth-order valence-electron chi connectivity index (χ4n) is 6.46. The summed E-state index contributed by atoms with van der Waals surface area (Å²) in [6, 6.07) is 5.76. The second-order valence-corrected chi connectivity index (χ2v) is 15.9. The minimum absolute atomic E-state index is 0.00125. The maximum absolute atomic E-state index is 13.1. The van der Waals surface area contributed by atoms with E-state index in [1.807, 2.05) is 19.6 Å². The van der Waals surface area contributed by atoms with Crippen LogP contribution in [0.5, 0.6) is 0 Å². The first-order chi connectivity index (χ1) is 24.4. The summed E-state index contributed by atoms with van der Waals surface area (Å²) in [6.07, 6.45) is 1.13. The van der Waals surface area contributed by atoms with Crippen LogP contribution in [0, 0.1) is 0 Å². The summed E-state index contributed by atoms with van der Waals surface area (Å²) >= 11 is -3.94. The van der Waals surface area contributed by atoms with Crippen molar-refractivity contribution in [3.05, 3.63) is 35.4 Å². The molecule has 2 unspecified atom stereocenters. The zero-order chi connectivity index (χ0) is 36.5. The molecular formula is C31H45BGaN7O11. The Balaban J connectivity index is 1.15. The van der Waals surface area contributed by atoms with Crippen LogP contribution >= 0.6 is 0 Å². The Bertz CT molecular complexity index is 1400. The van der Waals surface area contributed by atoms with Gasteiger partial charge in [-0.25, -0.2) is 0 Å². The molecule has 4 N–H and O–H groups in total. The number of rotatable bonds is 8. The van der Waals surface area contributed by atoms with E-state index in [0.29, 0.717) is 77.3 Å². The first kappa shape index (κ1) is 38.7. The van der Waals surface area contributed by atoms with Crippen molar-refractivity contribution in [3.8, 4) is 0 Å². The molecule has 4 aliphatic heterocycles. The van der Waals surface area contributed by atoms with Crippen molar-refractivity contribution >= 4 is 60.1 Å². The molecule has 20 heteroatoms. The van der Waals surface area contributed by atoms with E-state index < -0.39 is 60.2 Å². The molecule has 4 heterocycles. The minimum atomic E-state index is -3.94. The Hall–Kier alpha value is -3.50. The summed E-state index contributed by atoms with van der Waals surface area (Å²) in [5.74, 6) is -3.60. The van der Waals surface area contributed by atoms with E-state index in [1.54, 1.807) is 31.2 Å². The van der Waals surface area contributed by atoms with Crippen LogP contribution in [0.3, 0.4) is 0 Å². The van der Waals surface area contributed by atoms with Crippen LogP contribution < -0.4 is 10.6 Å². The van der Waals surface area contributed by atoms with Gasteiger partial charge in [0, 0.05) is 12.1 Å². The van der Waals surface area contributed by atoms with Crippen LogP contribution in [-0.2, 0) is 41.1 Å². The molecule has 4 aliphatic rings. The predicted octanol–water partition coefficient (Wildman–Crippen LogP) is -3.71. The van der Waals surface area contributed by atoms with E-state index in [0.717, 1.165) is 5.56 Å². The average Bonchev–Trinajstić information content (AvgIpc) is 3.57. The number of amides is 3. The van der Waals surface area contributed by atoms with Gasteiger partial charge in [-0.15, -0.1) is 0 Å². The van der Waals surface area contributed by atoms with Crippen LogP contribution in [0.4, 0.5) is 0 Å². The number of hydrogen-bond donors (Lipinski definition) is 4. The van der Waals surface area contributed by atoms with Crippen molar-refractivity contribution in [3.63, 3.8) is 0 Å².